The number of nitrogens with zero attached hydrogens (tertiary/aromatic N) is 3. The monoisotopic (exact) mass is 501 g/mol. The van der Waals surface area contributed by atoms with Gasteiger partial charge in [0.2, 0.25) is 5.76 Å². The molecule has 192 valence electrons. The molecule has 0 fully saturated rings. The van der Waals surface area contributed by atoms with Gasteiger partial charge >= 0.3 is 5.97 Å². The summed E-state index contributed by atoms with van der Waals surface area (Å²) in [6.45, 7) is 7.02. The average Bonchev–Trinajstić information content (AvgIpc) is 3.43. The summed E-state index contributed by atoms with van der Waals surface area (Å²) in [5, 5.41) is 6.96. The molecule has 4 aromatic rings. The van der Waals surface area contributed by atoms with Crippen molar-refractivity contribution >= 4 is 28.6 Å². The normalized spacial score (nSPS) is 12.6. The van der Waals surface area contributed by atoms with Gasteiger partial charge in [-0.05, 0) is 48.9 Å². The molecule has 0 saturated carbocycles. The third kappa shape index (κ3) is 5.61. The van der Waals surface area contributed by atoms with E-state index in [0.29, 0.717) is 29.4 Å². The molecule has 0 spiro atoms. The van der Waals surface area contributed by atoms with Gasteiger partial charge < -0.3 is 19.8 Å². The molecule has 0 aliphatic heterocycles. The number of aromatic nitrogens is 3. The SMILES string of the molecule is CCOC(=O)c1ccc(-c2cc(NCC(C)C(CC)c3cccc4c(C(=O)NC)ccnc34)ncn2)o1. The van der Waals surface area contributed by atoms with Crippen LogP contribution in [0, 0.1) is 5.92 Å². The highest BCUT2D eigenvalue weighted by Crippen LogP contribution is 2.33. The van der Waals surface area contributed by atoms with E-state index in [1.54, 1.807) is 44.4 Å². The number of nitrogens with one attached hydrogen (secondary N) is 2. The lowest BCUT2D eigenvalue weighted by Gasteiger charge is -2.25. The van der Waals surface area contributed by atoms with E-state index in [2.05, 4.69) is 45.5 Å². The minimum Gasteiger partial charge on any atom is -0.460 e. The second kappa shape index (κ2) is 11.6. The number of fused-ring (bicyclic) bond motifs is 1. The van der Waals surface area contributed by atoms with Crippen LogP contribution < -0.4 is 10.6 Å². The van der Waals surface area contributed by atoms with Gasteiger partial charge in [-0.25, -0.2) is 14.8 Å². The predicted octanol–water partition coefficient (Wildman–Crippen LogP) is 5.06. The molecule has 0 bridgehead atoms. The van der Waals surface area contributed by atoms with Crippen molar-refractivity contribution in [3.05, 3.63) is 71.9 Å². The first-order chi connectivity index (χ1) is 18.0. The maximum Gasteiger partial charge on any atom is 0.374 e. The summed E-state index contributed by atoms with van der Waals surface area (Å²) in [6, 6.07) is 12.8. The summed E-state index contributed by atoms with van der Waals surface area (Å²) in [5.74, 6) is 1.05. The van der Waals surface area contributed by atoms with Crippen LogP contribution in [0.15, 0.2) is 59.4 Å². The maximum atomic E-state index is 12.4. The van der Waals surface area contributed by atoms with Crippen LogP contribution >= 0.6 is 0 Å². The Labute approximate surface area is 215 Å². The minimum absolute atomic E-state index is 0.127. The first kappa shape index (κ1) is 25.8. The molecule has 1 aromatic carbocycles. The van der Waals surface area contributed by atoms with E-state index in [1.807, 2.05) is 12.1 Å². The van der Waals surface area contributed by atoms with Gasteiger partial charge in [0.15, 0.2) is 5.76 Å². The smallest absolute Gasteiger partial charge is 0.374 e. The standard InChI is InChI=1S/C28H31N5O4/c1-5-18(19-8-7-9-20-21(27(34)29-4)12-13-30-26(19)20)17(3)15-31-25-14-22(32-16-33-25)23-10-11-24(37-23)28(35)36-6-2/h7-14,16-18H,5-6,15H2,1-4H3,(H,29,34)(H,31,32,33). The Morgan fingerprint density at radius 3 is 2.68 bits per heavy atom. The first-order valence-electron chi connectivity index (χ1n) is 12.4. The topological polar surface area (TPSA) is 119 Å². The van der Waals surface area contributed by atoms with Gasteiger partial charge in [-0.1, -0.05) is 32.0 Å². The number of rotatable bonds is 10. The Morgan fingerprint density at radius 1 is 1.08 bits per heavy atom. The van der Waals surface area contributed by atoms with Crippen molar-refractivity contribution in [3.63, 3.8) is 0 Å². The van der Waals surface area contributed by atoms with Crippen LogP contribution in [0.2, 0.25) is 0 Å². The molecule has 37 heavy (non-hydrogen) atoms. The van der Waals surface area contributed by atoms with E-state index in [9.17, 15) is 9.59 Å². The van der Waals surface area contributed by atoms with Crippen molar-refractivity contribution in [1.82, 2.24) is 20.3 Å². The summed E-state index contributed by atoms with van der Waals surface area (Å²) in [6.07, 6.45) is 4.06. The molecule has 3 heterocycles. The molecular weight excluding hydrogens is 470 g/mol. The zero-order valence-electron chi connectivity index (χ0n) is 21.4. The van der Waals surface area contributed by atoms with Gasteiger partial charge in [0, 0.05) is 31.2 Å². The van der Waals surface area contributed by atoms with Crippen LogP contribution in [0.5, 0.6) is 0 Å². The van der Waals surface area contributed by atoms with Crippen LogP contribution in [-0.4, -0.2) is 47.0 Å². The zero-order chi connectivity index (χ0) is 26.4. The molecule has 0 radical (unpaired) electrons. The van der Waals surface area contributed by atoms with Crippen LogP contribution in [-0.2, 0) is 4.74 Å². The van der Waals surface area contributed by atoms with E-state index in [1.165, 1.54) is 6.33 Å². The molecule has 3 aromatic heterocycles. The van der Waals surface area contributed by atoms with Crippen LogP contribution in [0.1, 0.15) is 59.6 Å². The third-order valence-corrected chi connectivity index (χ3v) is 6.41. The second-order valence-corrected chi connectivity index (χ2v) is 8.73. The minimum atomic E-state index is -0.508. The fraction of sp³-hybridized carbons (Fsp3) is 0.321. The van der Waals surface area contributed by atoms with E-state index in [4.69, 9.17) is 9.15 Å². The number of carbonyl (C=O) groups excluding carboxylic acids is 2. The number of pyridine rings is 1. The molecule has 9 nitrogen and oxygen atoms in total. The third-order valence-electron chi connectivity index (χ3n) is 6.41. The summed E-state index contributed by atoms with van der Waals surface area (Å²) in [7, 11) is 1.63. The van der Waals surface area contributed by atoms with E-state index in [-0.39, 0.29) is 30.1 Å². The summed E-state index contributed by atoms with van der Waals surface area (Å²) in [4.78, 5) is 37.5. The number of anilines is 1. The lowest BCUT2D eigenvalue weighted by atomic mass is 9.83. The van der Waals surface area contributed by atoms with Gasteiger partial charge in [0.25, 0.3) is 5.91 Å². The lowest BCUT2D eigenvalue weighted by Crippen LogP contribution is -2.20. The molecule has 4 rings (SSSR count). The quantitative estimate of drug-likeness (QED) is 0.289. The number of amides is 1. The molecule has 2 N–H and O–H groups in total. The molecule has 0 aliphatic rings. The maximum absolute atomic E-state index is 12.4. The zero-order valence-corrected chi connectivity index (χ0v) is 21.4. The summed E-state index contributed by atoms with van der Waals surface area (Å²) in [5.41, 5.74) is 3.15. The Bertz CT molecular complexity index is 1400. The number of furan rings is 1. The van der Waals surface area contributed by atoms with Gasteiger partial charge in [-0.2, -0.15) is 0 Å². The van der Waals surface area contributed by atoms with Crippen LogP contribution in [0.3, 0.4) is 0 Å². The first-order valence-corrected chi connectivity index (χ1v) is 12.4. The molecule has 0 aliphatic carbocycles. The van der Waals surface area contributed by atoms with Crippen molar-refractivity contribution in [2.24, 2.45) is 5.92 Å². The molecule has 9 heteroatoms. The lowest BCUT2D eigenvalue weighted by molar-refractivity contribution is 0.0491. The van der Waals surface area contributed by atoms with E-state index < -0.39 is 5.97 Å². The Hall–Kier alpha value is -4.27. The Kier molecular flexibility index (Phi) is 8.12. The van der Waals surface area contributed by atoms with Gasteiger partial charge in [0.05, 0.1) is 17.7 Å². The number of hydrogen-bond donors (Lipinski definition) is 2. The summed E-state index contributed by atoms with van der Waals surface area (Å²) < 4.78 is 10.6. The number of carbonyl (C=O) groups is 2. The predicted molar refractivity (Wildman–Crippen MR) is 142 cm³/mol. The van der Waals surface area contributed by atoms with Crippen molar-refractivity contribution < 1.29 is 18.7 Å². The number of benzene rings is 1. The number of esters is 1. The molecule has 2 unspecified atom stereocenters. The Morgan fingerprint density at radius 2 is 1.92 bits per heavy atom. The Balaban J connectivity index is 1.51. The van der Waals surface area contributed by atoms with Crippen molar-refractivity contribution in [1.29, 1.82) is 0 Å². The second-order valence-electron chi connectivity index (χ2n) is 8.73. The van der Waals surface area contributed by atoms with Gasteiger partial charge in [0.1, 0.15) is 17.8 Å². The van der Waals surface area contributed by atoms with Gasteiger partial charge in [-0.15, -0.1) is 0 Å². The number of ether oxygens (including phenoxy) is 1. The number of hydrogen-bond acceptors (Lipinski definition) is 8. The number of para-hydroxylation sites is 1. The highest BCUT2D eigenvalue weighted by Gasteiger charge is 2.22. The van der Waals surface area contributed by atoms with Crippen molar-refractivity contribution in [2.45, 2.75) is 33.1 Å². The fourth-order valence-electron chi connectivity index (χ4n) is 4.54. The summed E-state index contributed by atoms with van der Waals surface area (Å²) >= 11 is 0. The van der Waals surface area contributed by atoms with Crippen LogP contribution in [0.25, 0.3) is 22.4 Å². The largest absolute Gasteiger partial charge is 0.460 e. The molecule has 0 saturated heterocycles. The van der Waals surface area contributed by atoms with E-state index >= 15 is 0 Å². The average molecular weight is 502 g/mol. The molecule has 2 atom stereocenters. The van der Waals surface area contributed by atoms with Crippen molar-refractivity contribution in [3.8, 4) is 11.5 Å². The highest BCUT2D eigenvalue weighted by atomic mass is 16.5. The molecule has 1 amide bonds. The molecular formula is C28H31N5O4. The van der Waals surface area contributed by atoms with Gasteiger partial charge in [-0.3, -0.25) is 9.78 Å². The highest BCUT2D eigenvalue weighted by molar-refractivity contribution is 6.06. The van der Waals surface area contributed by atoms with Crippen molar-refractivity contribution in [2.75, 3.05) is 25.5 Å². The van der Waals surface area contributed by atoms with Crippen LogP contribution in [0.4, 0.5) is 5.82 Å². The van der Waals surface area contributed by atoms with E-state index in [0.717, 1.165) is 22.9 Å². The fourth-order valence-corrected chi connectivity index (χ4v) is 4.54.